The second-order valence-electron chi connectivity index (χ2n) is 3.93. The van der Waals surface area contributed by atoms with Crippen molar-refractivity contribution in [2.45, 2.75) is 26.7 Å². The lowest BCUT2D eigenvalue weighted by atomic mass is 10.2. The van der Waals surface area contributed by atoms with Crippen LogP contribution >= 0.6 is 0 Å². The smallest absolute Gasteiger partial charge is 0.174 e. The molecule has 0 aromatic heterocycles. The largest absolute Gasteiger partial charge is 0.479 e. The fourth-order valence-electron chi connectivity index (χ4n) is 1.78. The monoisotopic (exact) mass is 232 g/mol. The molecule has 3 heteroatoms. The highest BCUT2D eigenvalue weighted by Crippen LogP contribution is 2.19. The topological polar surface area (TPSA) is 36.3 Å². The van der Waals surface area contributed by atoms with Crippen LogP contribution in [0.1, 0.15) is 26.7 Å². The van der Waals surface area contributed by atoms with Crippen molar-refractivity contribution in [3.63, 3.8) is 0 Å². The molecule has 0 amide bonds. The van der Waals surface area contributed by atoms with Gasteiger partial charge in [0.1, 0.15) is 11.8 Å². The summed E-state index contributed by atoms with van der Waals surface area (Å²) in [7, 11) is 0. The Bertz CT molecular complexity index is 347. The molecule has 0 radical (unpaired) electrons. The van der Waals surface area contributed by atoms with Gasteiger partial charge in [0.2, 0.25) is 0 Å². The van der Waals surface area contributed by atoms with E-state index in [1.807, 2.05) is 18.2 Å². The normalized spacial score (nSPS) is 9.71. The van der Waals surface area contributed by atoms with Crippen LogP contribution in [0.4, 0.5) is 5.69 Å². The lowest BCUT2D eigenvalue weighted by Gasteiger charge is -2.23. The van der Waals surface area contributed by atoms with Gasteiger partial charge in [-0.15, -0.1) is 0 Å². The highest BCUT2D eigenvalue weighted by Gasteiger charge is 2.04. The predicted molar refractivity (Wildman–Crippen MR) is 70.3 cm³/mol. The van der Waals surface area contributed by atoms with Crippen molar-refractivity contribution >= 4 is 5.69 Å². The van der Waals surface area contributed by atoms with Crippen molar-refractivity contribution in [1.82, 2.24) is 0 Å². The second-order valence-corrected chi connectivity index (χ2v) is 3.93. The van der Waals surface area contributed by atoms with Crippen LogP contribution in [0, 0.1) is 11.3 Å². The Labute approximate surface area is 104 Å². The van der Waals surface area contributed by atoms with Crippen LogP contribution in [0.2, 0.25) is 0 Å². The number of nitriles is 1. The zero-order valence-electron chi connectivity index (χ0n) is 10.6. The van der Waals surface area contributed by atoms with Crippen LogP contribution in [-0.2, 0) is 0 Å². The number of benzene rings is 1. The van der Waals surface area contributed by atoms with Gasteiger partial charge in [0, 0.05) is 18.8 Å². The van der Waals surface area contributed by atoms with Crippen LogP contribution < -0.4 is 9.64 Å². The van der Waals surface area contributed by atoms with Gasteiger partial charge in [-0.2, -0.15) is 5.26 Å². The fourth-order valence-corrected chi connectivity index (χ4v) is 1.78. The van der Waals surface area contributed by atoms with Crippen LogP contribution in [0.3, 0.4) is 0 Å². The van der Waals surface area contributed by atoms with Crippen molar-refractivity contribution < 1.29 is 4.74 Å². The zero-order chi connectivity index (χ0) is 12.5. The molecule has 0 spiro atoms. The summed E-state index contributed by atoms with van der Waals surface area (Å²) in [5.41, 5.74) is 1.22. The minimum absolute atomic E-state index is 0.104. The van der Waals surface area contributed by atoms with Crippen LogP contribution in [0.25, 0.3) is 0 Å². The molecule has 0 aliphatic carbocycles. The molecule has 0 saturated carbocycles. The summed E-state index contributed by atoms with van der Waals surface area (Å²) in [5.74, 6) is 0.753. The Morgan fingerprint density at radius 1 is 1.12 bits per heavy atom. The number of hydrogen-bond acceptors (Lipinski definition) is 3. The van der Waals surface area contributed by atoms with Gasteiger partial charge in [-0.25, -0.2) is 0 Å². The Kier molecular flexibility index (Phi) is 5.95. The third-order valence-corrected chi connectivity index (χ3v) is 2.49. The van der Waals surface area contributed by atoms with Crippen molar-refractivity contribution in [3.8, 4) is 11.8 Å². The first-order valence-electron chi connectivity index (χ1n) is 6.16. The number of hydrogen-bond donors (Lipinski definition) is 0. The molecule has 92 valence electrons. The average molecular weight is 232 g/mol. The van der Waals surface area contributed by atoms with E-state index in [1.165, 1.54) is 5.69 Å². The van der Waals surface area contributed by atoms with Crippen molar-refractivity contribution in [2.75, 3.05) is 24.6 Å². The summed E-state index contributed by atoms with van der Waals surface area (Å²) in [6.45, 7) is 6.63. The molecule has 0 atom stereocenters. The number of ether oxygens (including phenoxy) is 1. The first-order chi connectivity index (χ1) is 8.31. The summed E-state index contributed by atoms with van der Waals surface area (Å²) in [6, 6.07) is 9.91. The SMILES string of the molecule is CCCN(CCC)c1ccc(OCC#N)cc1. The van der Waals surface area contributed by atoms with E-state index >= 15 is 0 Å². The minimum atomic E-state index is 0.104. The molecule has 1 aromatic carbocycles. The first-order valence-corrected chi connectivity index (χ1v) is 6.16. The second kappa shape index (κ2) is 7.56. The highest BCUT2D eigenvalue weighted by atomic mass is 16.5. The first kappa shape index (κ1) is 13.4. The van der Waals surface area contributed by atoms with Crippen LogP contribution in [0.15, 0.2) is 24.3 Å². The third-order valence-electron chi connectivity index (χ3n) is 2.49. The zero-order valence-corrected chi connectivity index (χ0v) is 10.6. The maximum atomic E-state index is 8.43. The van der Waals surface area contributed by atoms with Gasteiger partial charge >= 0.3 is 0 Å². The molecule has 3 nitrogen and oxygen atoms in total. The summed E-state index contributed by atoms with van der Waals surface area (Å²) in [6.07, 6.45) is 2.29. The maximum absolute atomic E-state index is 8.43. The summed E-state index contributed by atoms with van der Waals surface area (Å²) in [5, 5.41) is 8.43. The third kappa shape index (κ3) is 4.36. The predicted octanol–water partition coefficient (Wildman–Crippen LogP) is 3.22. The molecule has 17 heavy (non-hydrogen) atoms. The standard InChI is InChI=1S/C14H20N2O/c1-3-10-16(11-4-2)13-5-7-14(8-6-13)17-12-9-15/h5-8H,3-4,10-12H2,1-2H3. The quantitative estimate of drug-likeness (QED) is 0.724. The van der Waals surface area contributed by atoms with Gasteiger partial charge < -0.3 is 9.64 Å². The van der Waals surface area contributed by atoms with E-state index in [4.69, 9.17) is 10.00 Å². The highest BCUT2D eigenvalue weighted by molar-refractivity contribution is 5.49. The van der Waals surface area contributed by atoms with E-state index in [1.54, 1.807) is 0 Å². The summed E-state index contributed by atoms with van der Waals surface area (Å²) in [4.78, 5) is 2.37. The minimum Gasteiger partial charge on any atom is -0.479 e. The molecule has 0 fully saturated rings. The number of nitrogens with zero attached hydrogens (tertiary/aromatic N) is 2. The van der Waals surface area contributed by atoms with E-state index in [2.05, 4.69) is 30.9 Å². The van der Waals surface area contributed by atoms with Crippen LogP contribution in [-0.4, -0.2) is 19.7 Å². The van der Waals surface area contributed by atoms with E-state index in [-0.39, 0.29) is 6.61 Å². The van der Waals surface area contributed by atoms with E-state index in [0.717, 1.165) is 31.7 Å². The molecular formula is C14H20N2O. The number of rotatable bonds is 7. The molecule has 0 heterocycles. The average Bonchev–Trinajstić information content (AvgIpc) is 2.37. The molecule has 0 aliphatic rings. The van der Waals surface area contributed by atoms with Gasteiger partial charge in [0.15, 0.2) is 6.61 Å². The van der Waals surface area contributed by atoms with Crippen molar-refractivity contribution in [3.05, 3.63) is 24.3 Å². The molecule has 0 unspecified atom stereocenters. The summed E-state index contributed by atoms with van der Waals surface area (Å²) >= 11 is 0. The van der Waals surface area contributed by atoms with Crippen molar-refractivity contribution in [2.24, 2.45) is 0 Å². The van der Waals surface area contributed by atoms with E-state index < -0.39 is 0 Å². The Morgan fingerprint density at radius 2 is 1.71 bits per heavy atom. The van der Waals surface area contributed by atoms with Crippen LogP contribution in [0.5, 0.6) is 5.75 Å². The molecular weight excluding hydrogens is 212 g/mol. The molecule has 0 bridgehead atoms. The van der Waals surface area contributed by atoms with Crippen molar-refractivity contribution in [1.29, 1.82) is 5.26 Å². The van der Waals surface area contributed by atoms with Gasteiger partial charge in [-0.3, -0.25) is 0 Å². The Hall–Kier alpha value is -1.69. The Balaban J connectivity index is 2.66. The molecule has 1 aromatic rings. The van der Waals surface area contributed by atoms with E-state index in [9.17, 15) is 0 Å². The lowest BCUT2D eigenvalue weighted by molar-refractivity contribution is 0.368. The molecule has 0 saturated heterocycles. The maximum Gasteiger partial charge on any atom is 0.174 e. The van der Waals surface area contributed by atoms with Gasteiger partial charge in [-0.05, 0) is 37.1 Å². The number of anilines is 1. The fraction of sp³-hybridized carbons (Fsp3) is 0.500. The van der Waals surface area contributed by atoms with Gasteiger partial charge in [0.05, 0.1) is 0 Å². The molecule has 1 rings (SSSR count). The van der Waals surface area contributed by atoms with Gasteiger partial charge in [-0.1, -0.05) is 13.8 Å². The lowest BCUT2D eigenvalue weighted by Crippen LogP contribution is -2.24. The van der Waals surface area contributed by atoms with E-state index in [0.29, 0.717) is 0 Å². The molecule has 0 N–H and O–H groups in total. The molecule has 0 aliphatic heterocycles. The summed E-state index contributed by atoms with van der Waals surface area (Å²) < 4.78 is 5.23. The Morgan fingerprint density at radius 3 is 2.18 bits per heavy atom. The van der Waals surface area contributed by atoms with Gasteiger partial charge in [0.25, 0.3) is 0 Å².